The number of ether oxygens (including phenoxy) is 2. The van der Waals surface area contributed by atoms with Crippen LogP contribution in [0.25, 0.3) is 0 Å². The fourth-order valence-corrected chi connectivity index (χ4v) is 4.82. The first kappa shape index (κ1) is 26.0. The summed E-state index contributed by atoms with van der Waals surface area (Å²) in [5.74, 6) is 0.552. The highest BCUT2D eigenvalue weighted by molar-refractivity contribution is 5.94. The Kier molecular flexibility index (Phi) is 7.63. The molecule has 2 heterocycles. The Labute approximate surface area is 226 Å². The van der Waals surface area contributed by atoms with Crippen LogP contribution < -0.4 is 14.8 Å². The van der Waals surface area contributed by atoms with E-state index in [9.17, 15) is 14.0 Å². The van der Waals surface area contributed by atoms with Gasteiger partial charge in [-0.25, -0.2) is 4.39 Å². The molecule has 39 heavy (non-hydrogen) atoms. The van der Waals surface area contributed by atoms with Crippen LogP contribution in [0.5, 0.6) is 11.5 Å². The summed E-state index contributed by atoms with van der Waals surface area (Å²) in [7, 11) is 1.58. The van der Waals surface area contributed by atoms with Crippen molar-refractivity contribution < 1.29 is 27.9 Å². The van der Waals surface area contributed by atoms with Crippen molar-refractivity contribution in [2.75, 3.05) is 19.0 Å². The van der Waals surface area contributed by atoms with Crippen molar-refractivity contribution in [1.29, 1.82) is 0 Å². The first-order valence-corrected chi connectivity index (χ1v) is 12.8. The van der Waals surface area contributed by atoms with Crippen molar-refractivity contribution >= 4 is 17.5 Å². The normalized spacial score (nSPS) is 15.3. The number of benzene rings is 3. The summed E-state index contributed by atoms with van der Waals surface area (Å²) in [5.41, 5.74) is 3.31. The van der Waals surface area contributed by atoms with Gasteiger partial charge in [-0.2, -0.15) is 0 Å². The van der Waals surface area contributed by atoms with Crippen LogP contribution in [-0.4, -0.2) is 36.5 Å². The van der Waals surface area contributed by atoms with Crippen molar-refractivity contribution in [3.8, 4) is 11.5 Å². The number of carbonyl (C=O) groups is 2. The number of anilines is 1. The average Bonchev–Trinajstić information content (AvgIpc) is 3.51. The highest BCUT2D eigenvalue weighted by atomic mass is 19.1. The minimum absolute atomic E-state index is 0.235. The van der Waals surface area contributed by atoms with E-state index in [1.54, 1.807) is 60.5 Å². The third-order valence-corrected chi connectivity index (χ3v) is 6.82. The van der Waals surface area contributed by atoms with E-state index in [0.717, 1.165) is 16.7 Å². The zero-order chi connectivity index (χ0) is 27.4. The molecule has 0 radical (unpaired) electrons. The number of furan rings is 1. The number of methoxy groups -OCH3 is 1. The Morgan fingerprint density at radius 2 is 1.79 bits per heavy atom. The molecule has 1 aromatic heterocycles. The van der Waals surface area contributed by atoms with Crippen LogP contribution in [0.3, 0.4) is 0 Å². The zero-order valence-corrected chi connectivity index (χ0v) is 21.7. The molecule has 1 N–H and O–H groups in total. The molecule has 0 bridgehead atoms. The van der Waals surface area contributed by atoms with Crippen LogP contribution in [0.4, 0.5) is 10.1 Å². The number of halogens is 1. The maximum Gasteiger partial charge on any atom is 0.290 e. The molecule has 0 saturated carbocycles. The third kappa shape index (κ3) is 5.65. The minimum atomic E-state index is -0.737. The molecular weight excluding hydrogens is 499 g/mol. The second-order valence-electron chi connectivity index (χ2n) is 9.27. The Morgan fingerprint density at radius 3 is 2.46 bits per heavy atom. The van der Waals surface area contributed by atoms with Crippen LogP contribution in [0.1, 0.15) is 46.6 Å². The van der Waals surface area contributed by atoms with Crippen molar-refractivity contribution in [1.82, 2.24) is 4.90 Å². The molecule has 2 atom stereocenters. The summed E-state index contributed by atoms with van der Waals surface area (Å²) in [4.78, 5) is 28.1. The molecule has 200 valence electrons. The Morgan fingerprint density at radius 1 is 1.05 bits per heavy atom. The van der Waals surface area contributed by atoms with Crippen molar-refractivity contribution in [2.45, 2.75) is 31.9 Å². The van der Waals surface area contributed by atoms with Crippen molar-refractivity contribution in [2.24, 2.45) is 0 Å². The lowest BCUT2D eigenvalue weighted by Gasteiger charge is -2.37. The van der Waals surface area contributed by atoms with E-state index < -0.39 is 12.1 Å². The van der Waals surface area contributed by atoms with E-state index in [0.29, 0.717) is 36.6 Å². The van der Waals surface area contributed by atoms with Gasteiger partial charge < -0.3 is 24.1 Å². The molecule has 0 fully saturated rings. The van der Waals surface area contributed by atoms with Gasteiger partial charge in [0.15, 0.2) is 11.9 Å². The fourth-order valence-electron chi connectivity index (χ4n) is 4.82. The van der Waals surface area contributed by atoms with Crippen LogP contribution >= 0.6 is 0 Å². The second kappa shape index (κ2) is 11.4. The molecule has 0 spiro atoms. The maximum absolute atomic E-state index is 13.8. The van der Waals surface area contributed by atoms with Crippen molar-refractivity contribution in [3.05, 3.63) is 113 Å². The van der Waals surface area contributed by atoms with Crippen LogP contribution in [0.2, 0.25) is 0 Å². The number of nitrogens with one attached hydrogen (secondary N) is 1. The summed E-state index contributed by atoms with van der Waals surface area (Å²) < 4.78 is 30.5. The van der Waals surface area contributed by atoms with Gasteiger partial charge in [0.1, 0.15) is 17.3 Å². The quantitative estimate of drug-likeness (QED) is 0.303. The molecule has 0 aliphatic carbocycles. The molecule has 8 heteroatoms. The Bertz CT molecular complexity index is 1440. The third-order valence-electron chi connectivity index (χ3n) is 6.82. The van der Waals surface area contributed by atoms with E-state index in [2.05, 4.69) is 5.32 Å². The van der Waals surface area contributed by atoms with E-state index >= 15 is 0 Å². The van der Waals surface area contributed by atoms with Gasteiger partial charge in [0.05, 0.1) is 19.4 Å². The van der Waals surface area contributed by atoms with Gasteiger partial charge in [0, 0.05) is 12.2 Å². The van der Waals surface area contributed by atoms with Gasteiger partial charge in [-0.1, -0.05) is 25.1 Å². The monoisotopic (exact) mass is 528 g/mol. The summed E-state index contributed by atoms with van der Waals surface area (Å²) in [6.45, 7) is 2.35. The highest BCUT2D eigenvalue weighted by Crippen LogP contribution is 2.38. The molecule has 0 saturated heterocycles. The van der Waals surface area contributed by atoms with Gasteiger partial charge in [-0.05, 0) is 90.2 Å². The lowest BCUT2D eigenvalue weighted by Crippen LogP contribution is -2.40. The number of nitrogens with zero attached hydrogens (tertiary/aromatic N) is 1. The molecule has 5 rings (SSSR count). The molecular formula is C31H29FN2O5. The zero-order valence-electron chi connectivity index (χ0n) is 21.7. The molecule has 1 aliphatic rings. The SMILES string of the molecule is CCC(Oc1ccc2c(c1)C(c1ccc(F)cc1)N(C(=O)c1ccco1)CC2)C(=O)Nc1ccc(OC)cc1. The number of amides is 2. The van der Waals surface area contributed by atoms with Gasteiger partial charge in [-0.3, -0.25) is 9.59 Å². The largest absolute Gasteiger partial charge is 0.497 e. The Hall–Kier alpha value is -4.59. The number of hydrogen-bond acceptors (Lipinski definition) is 5. The summed E-state index contributed by atoms with van der Waals surface area (Å²) >= 11 is 0. The molecule has 4 aromatic rings. The first-order chi connectivity index (χ1) is 19.0. The van der Waals surface area contributed by atoms with Crippen LogP contribution in [0, 0.1) is 5.82 Å². The smallest absolute Gasteiger partial charge is 0.290 e. The van der Waals surface area contributed by atoms with Gasteiger partial charge in [-0.15, -0.1) is 0 Å². The number of rotatable bonds is 8. The fraction of sp³-hybridized carbons (Fsp3) is 0.226. The van der Waals surface area contributed by atoms with Crippen LogP contribution in [-0.2, 0) is 11.2 Å². The minimum Gasteiger partial charge on any atom is -0.497 e. The standard InChI is InChI=1S/C31H29FN2O5/c1-3-27(30(35)33-23-11-14-24(37-2)15-12-23)39-25-13-8-20-16-17-34(31(36)28-5-4-18-38-28)29(26(20)19-25)21-6-9-22(32)10-7-21/h4-15,18-19,27,29H,3,16-17H2,1-2H3,(H,33,35). The predicted octanol–water partition coefficient (Wildman–Crippen LogP) is 6.01. The highest BCUT2D eigenvalue weighted by Gasteiger charge is 2.34. The first-order valence-electron chi connectivity index (χ1n) is 12.8. The van der Waals surface area contributed by atoms with Gasteiger partial charge >= 0.3 is 0 Å². The summed E-state index contributed by atoms with van der Waals surface area (Å²) in [6, 6.07) is 21.7. The number of fused-ring (bicyclic) bond motifs is 1. The topological polar surface area (TPSA) is 81.0 Å². The number of hydrogen-bond donors (Lipinski definition) is 1. The summed E-state index contributed by atoms with van der Waals surface area (Å²) in [6.07, 6.45) is 1.81. The molecule has 3 aromatic carbocycles. The second-order valence-corrected chi connectivity index (χ2v) is 9.27. The molecule has 2 unspecified atom stereocenters. The Balaban J connectivity index is 1.43. The maximum atomic E-state index is 13.8. The number of carbonyl (C=O) groups excluding carboxylic acids is 2. The van der Waals surface area contributed by atoms with Gasteiger partial charge in [0.2, 0.25) is 0 Å². The summed E-state index contributed by atoms with van der Waals surface area (Å²) in [5, 5.41) is 2.89. The van der Waals surface area contributed by atoms with E-state index in [1.165, 1.54) is 18.4 Å². The van der Waals surface area contributed by atoms with Crippen LogP contribution in [0.15, 0.2) is 89.5 Å². The van der Waals surface area contributed by atoms with E-state index in [-0.39, 0.29) is 23.4 Å². The van der Waals surface area contributed by atoms with E-state index in [1.807, 2.05) is 25.1 Å². The molecule has 7 nitrogen and oxygen atoms in total. The predicted molar refractivity (Wildman–Crippen MR) is 144 cm³/mol. The lowest BCUT2D eigenvalue weighted by molar-refractivity contribution is -0.122. The van der Waals surface area contributed by atoms with Gasteiger partial charge in [0.25, 0.3) is 11.8 Å². The molecule has 1 aliphatic heterocycles. The van der Waals surface area contributed by atoms with E-state index in [4.69, 9.17) is 13.9 Å². The average molecular weight is 529 g/mol. The van der Waals surface area contributed by atoms with Crippen molar-refractivity contribution in [3.63, 3.8) is 0 Å². The lowest BCUT2D eigenvalue weighted by atomic mass is 9.87. The molecule has 2 amide bonds.